The Morgan fingerprint density at radius 2 is 1.25 bits per heavy atom. The number of guanidine groups is 1. The number of aromatic hydroxyl groups is 2. The fourth-order valence-electron chi connectivity index (χ4n) is 16.5. The molecule has 24 heteroatoms. The minimum Gasteiger partial charge on any atom is -0.504 e. The second-order valence-corrected chi connectivity index (χ2v) is 25.6. The summed E-state index contributed by atoms with van der Waals surface area (Å²) in [5.41, 5.74) is 10.1. The molecule has 9 atom stereocenters. The van der Waals surface area contributed by atoms with Crippen LogP contribution in [0.5, 0.6) is 23.0 Å². The van der Waals surface area contributed by atoms with Crippen molar-refractivity contribution in [2.24, 2.45) is 22.6 Å². The van der Waals surface area contributed by atoms with Gasteiger partial charge in [-0.05, 0) is 130 Å². The number of piperidine rings is 2. The summed E-state index contributed by atoms with van der Waals surface area (Å²) in [5.74, 6) is -0.971. The highest BCUT2D eigenvalue weighted by Gasteiger charge is 2.74. The van der Waals surface area contributed by atoms with Gasteiger partial charge in [0.2, 0.25) is 35.4 Å². The molecule has 24 nitrogen and oxygen atoms in total. The van der Waals surface area contributed by atoms with Crippen LogP contribution in [0.3, 0.4) is 0 Å². The van der Waals surface area contributed by atoms with Gasteiger partial charge in [0.25, 0.3) is 0 Å². The number of aliphatic hydroxyl groups is 2. The van der Waals surface area contributed by atoms with Crippen LogP contribution in [-0.2, 0) is 58.9 Å². The number of nitrogens with two attached hydrogens (primary N) is 1. The summed E-state index contributed by atoms with van der Waals surface area (Å²) in [5, 5.41) is 67.4. The maximum Gasteiger partial charge on any atom is 0.239 e. The summed E-state index contributed by atoms with van der Waals surface area (Å²) in [6, 6.07) is 12.4. The highest BCUT2D eigenvalue weighted by Crippen LogP contribution is 2.70. The first-order chi connectivity index (χ1) is 40.9. The van der Waals surface area contributed by atoms with E-state index in [2.05, 4.69) is 57.0 Å². The second-order valence-electron chi connectivity index (χ2n) is 25.6. The highest BCUT2D eigenvalue weighted by atomic mass is 16.5. The number of H-pyrrole nitrogens is 1. The molecular weight excluding hydrogens is 1090 g/mol. The number of nitrogens with one attached hydrogen (secondary N) is 8. The molecule has 450 valence electrons. The van der Waals surface area contributed by atoms with Crippen molar-refractivity contribution in [3.8, 4) is 23.0 Å². The predicted octanol–water partition coefficient (Wildman–Crippen LogP) is 0.115. The van der Waals surface area contributed by atoms with Crippen LogP contribution in [0.1, 0.15) is 104 Å². The van der Waals surface area contributed by atoms with Gasteiger partial charge in [-0.3, -0.25) is 43.6 Å². The molecule has 3 saturated carbocycles. The van der Waals surface area contributed by atoms with E-state index >= 15 is 0 Å². The van der Waals surface area contributed by atoms with E-state index in [1.807, 2.05) is 30.3 Å². The van der Waals surface area contributed by atoms with Crippen LogP contribution in [0.4, 0.5) is 5.69 Å². The first kappa shape index (κ1) is 55.2. The van der Waals surface area contributed by atoms with Gasteiger partial charge >= 0.3 is 0 Å². The van der Waals surface area contributed by atoms with Gasteiger partial charge in [0.1, 0.15) is 6.10 Å². The quantitative estimate of drug-likeness (QED) is 0.0317. The molecule has 10 aliphatic rings. The summed E-state index contributed by atoms with van der Waals surface area (Å²) in [4.78, 5) is 88.7. The summed E-state index contributed by atoms with van der Waals surface area (Å²) < 4.78 is 13.2. The molecule has 4 bridgehead atoms. The summed E-state index contributed by atoms with van der Waals surface area (Å²) in [6.07, 6.45) is 7.12. The fourth-order valence-corrected chi connectivity index (χ4v) is 16.5. The van der Waals surface area contributed by atoms with E-state index in [4.69, 9.17) is 15.2 Å². The fraction of sp³-hybridized carbons (Fsp3) is 0.557. The number of carbonyl (C=O) groups excluding carboxylic acids is 6. The molecule has 14 rings (SSSR count). The number of hydrogen-bond acceptors (Lipinski definition) is 15. The lowest BCUT2D eigenvalue weighted by Gasteiger charge is -2.64. The maximum atomic E-state index is 13.2. The zero-order valence-corrected chi connectivity index (χ0v) is 47.3. The van der Waals surface area contributed by atoms with Gasteiger partial charge in [0.15, 0.2) is 35.1 Å². The second kappa shape index (κ2) is 20.8. The van der Waals surface area contributed by atoms with Crippen molar-refractivity contribution in [1.82, 2.24) is 46.7 Å². The first-order valence-corrected chi connectivity index (χ1v) is 30.3. The average Bonchev–Trinajstić information content (AvgIpc) is 1.60. The van der Waals surface area contributed by atoms with E-state index in [0.717, 1.165) is 77.0 Å². The minimum atomic E-state index is -1.21. The number of nitrogens with zero attached hydrogens (tertiary/aromatic N) is 3. The summed E-state index contributed by atoms with van der Waals surface area (Å²) in [6.45, 7) is 2.19. The van der Waals surface area contributed by atoms with E-state index in [1.54, 1.807) is 12.1 Å². The van der Waals surface area contributed by atoms with Gasteiger partial charge in [-0.2, -0.15) is 0 Å². The van der Waals surface area contributed by atoms with Crippen molar-refractivity contribution >= 4 is 58.0 Å². The number of hydrogen-bond donors (Lipinski definition) is 13. The van der Waals surface area contributed by atoms with Crippen molar-refractivity contribution in [1.29, 1.82) is 0 Å². The Morgan fingerprint density at radius 3 is 1.88 bits per heavy atom. The van der Waals surface area contributed by atoms with Crippen LogP contribution in [0.25, 0.3) is 10.9 Å². The topological polar surface area (TPSA) is 347 Å². The standard InChI is InChI=1S/C61H74N12O12/c62-57(70-35-7-8-39-37(21-35)38-24-61(83)43-20-34-6-10-41(75)55-52(34)59(61,56(85-55)53(38)71-39)14-18-73(43)30-32-3-4-32)64-16-15-63-47(78)25-67-48(79)26-65-45(76)11-12-46(77)66-27-49(80)68-28-50(81)69-36-22-44-58-13-17-72(29-31-1-2-31)42(60(58,82)23-36)19-33-5-9-40(74)54(84-44)51(33)58/h5-10,21,31-32,36,42-44,56,71,74-75,82-83H,1-4,11-20,22-30H2,(H,63,78)(H,65,76)(H,66,77)(H,67,79)(H,68,80)(H,69,81)(H3,62,64,70)/t36-,42+,43+,44-,56-,58+,59-,60+,61+/m0/s1. The van der Waals surface area contributed by atoms with Gasteiger partial charge in [-0.25, -0.2) is 0 Å². The molecule has 6 aliphatic carbocycles. The van der Waals surface area contributed by atoms with Crippen LogP contribution in [0.15, 0.2) is 47.5 Å². The van der Waals surface area contributed by atoms with Crippen LogP contribution in [0.2, 0.25) is 0 Å². The molecule has 5 heterocycles. The predicted molar refractivity (Wildman–Crippen MR) is 308 cm³/mol. The molecule has 2 saturated heterocycles. The van der Waals surface area contributed by atoms with E-state index in [-0.39, 0.29) is 68.6 Å². The molecule has 14 N–H and O–H groups in total. The number of fused-ring (bicyclic) bond motifs is 4. The largest absolute Gasteiger partial charge is 0.504 e. The number of ether oxygens (including phenoxy) is 2. The number of phenolic OH excluding ortho intramolecular Hbond substituents is 2. The van der Waals surface area contributed by atoms with Gasteiger partial charge < -0.3 is 77.8 Å². The number of likely N-dealkylation sites (tertiary alicyclic amines) is 2. The number of aliphatic imine (C=N–C) groups is 1. The van der Waals surface area contributed by atoms with E-state index in [0.29, 0.717) is 67.5 Å². The maximum absolute atomic E-state index is 13.2. The Morgan fingerprint density at radius 1 is 0.682 bits per heavy atom. The number of aromatic nitrogens is 1. The molecule has 5 fully saturated rings. The normalized spacial score (nSPS) is 29.7. The average molecular weight is 1170 g/mol. The molecule has 6 amide bonds. The lowest BCUT2D eigenvalue weighted by atomic mass is 9.48. The summed E-state index contributed by atoms with van der Waals surface area (Å²) >= 11 is 0. The van der Waals surface area contributed by atoms with Crippen LogP contribution in [-0.4, -0.2) is 177 Å². The third-order valence-corrected chi connectivity index (χ3v) is 20.6. The minimum absolute atomic E-state index is 0.0454. The van der Waals surface area contributed by atoms with Gasteiger partial charge in [-0.15, -0.1) is 0 Å². The SMILES string of the molecule is NC(=NCCNC(=O)CNC(=O)CNC(=O)CCC(=O)NCC(=O)NCC(=O)N[C@H]1C[C@@H]2Oc3c(O)ccc4c3[C@@]23CCN(CC2CC2)[C@H](C4)[C@]3(O)C1)Nc1ccc2[nH]c3c(c2c1)C[C@@]1(O)[C@H]2Cc4ccc(O)c5c4[C@@]1(CCN2CC1CC1)[C@H]3O5. The Hall–Kier alpha value is -7.67. The van der Waals surface area contributed by atoms with Crippen molar-refractivity contribution in [2.45, 2.75) is 136 Å². The van der Waals surface area contributed by atoms with Crippen molar-refractivity contribution < 1.29 is 58.7 Å². The Bertz CT molecular complexity index is 3490. The monoisotopic (exact) mass is 1170 g/mol. The highest BCUT2D eigenvalue weighted by molar-refractivity contribution is 5.97. The smallest absolute Gasteiger partial charge is 0.239 e. The molecule has 0 radical (unpaired) electrons. The van der Waals surface area contributed by atoms with E-state index < -0.39 is 88.8 Å². The van der Waals surface area contributed by atoms with Gasteiger partial charge in [-0.1, -0.05) is 12.1 Å². The number of aromatic amines is 1. The molecule has 2 spiro atoms. The zero-order valence-electron chi connectivity index (χ0n) is 47.3. The molecule has 0 unspecified atom stereocenters. The van der Waals surface area contributed by atoms with Crippen molar-refractivity contribution in [3.05, 3.63) is 76.0 Å². The number of phenols is 2. The molecule has 1 aromatic heterocycles. The Balaban J connectivity index is 0.486. The Kier molecular flexibility index (Phi) is 13.5. The first-order valence-electron chi connectivity index (χ1n) is 30.3. The number of amides is 6. The molecule has 4 aromatic rings. The lowest BCUT2D eigenvalue weighted by molar-refractivity contribution is -0.191. The number of rotatable bonds is 20. The molecule has 85 heavy (non-hydrogen) atoms. The lowest BCUT2D eigenvalue weighted by Crippen LogP contribution is -2.77. The third-order valence-electron chi connectivity index (χ3n) is 20.6. The number of anilines is 1. The van der Waals surface area contributed by atoms with E-state index in [9.17, 15) is 49.2 Å². The van der Waals surface area contributed by atoms with Crippen LogP contribution >= 0.6 is 0 Å². The number of carbonyl (C=O) groups is 6. The van der Waals surface area contributed by atoms with Gasteiger partial charge in [0, 0.05) is 91.2 Å². The third kappa shape index (κ3) is 9.27. The van der Waals surface area contributed by atoms with Crippen molar-refractivity contribution in [3.63, 3.8) is 0 Å². The van der Waals surface area contributed by atoms with Crippen LogP contribution in [0, 0.1) is 11.8 Å². The van der Waals surface area contributed by atoms with Gasteiger partial charge in [0.05, 0.1) is 60.4 Å². The van der Waals surface area contributed by atoms with E-state index in [1.165, 1.54) is 25.7 Å². The molecule has 3 aromatic carbocycles. The molecular formula is C61H74N12O12. The molecule has 4 aliphatic heterocycles. The van der Waals surface area contributed by atoms with Crippen molar-refractivity contribution in [2.75, 3.05) is 70.8 Å². The van der Waals surface area contributed by atoms with Crippen LogP contribution < -0.4 is 52.4 Å². The zero-order chi connectivity index (χ0) is 58.7. The number of benzene rings is 3. The summed E-state index contributed by atoms with van der Waals surface area (Å²) in [7, 11) is 0. The Labute approximate surface area is 489 Å².